The quantitative estimate of drug-likeness (QED) is 0.166. The highest BCUT2D eigenvalue weighted by Crippen LogP contribution is 2.54. The van der Waals surface area contributed by atoms with Crippen molar-refractivity contribution in [1.29, 1.82) is 0 Å². The van der Waals surface area contributed by atoms with Crippen molar-refractivity contribution in [2.75, 3.05) is 45.9 Å². The molecule has 0 saturated heterocycles. The third-order valence-electron chi connectivity index (χ3n) is 8.23. The lowest BCUT2D eigenvalue weighted by molar-refractivity contribution is -0.153. The first-order valence-electron chi connectivity index (χ1n) is 14.3. The first kappa shape index (κ1) is 36.0. The third kappa shape index (κ3) is 6.87. The summed E-state index contributed by atoms with van der Waals surface area (Å²) in [6, 6.07) is 0.735. The number of ketones is 2. The first-order valence-corrected chi connectivity index (χ1v) is 16.1. The number of aliphatic hydroxyl groups is 3. The molecule has 1 amide bonds. The normalized spacial score (nSPS) is 24.9. The molecule has 0 aromatic heterocycles. The molecule has 0 spiro atoms. The Balaban J connectivity index is 0.00000102. The van der Waals surface area contributed by atoms with E-state index in [1.165, 1.54) is 4.90 Å². The lowest BCUT2D eigenvalue weighted by Gasteiger charge is -2.50. The van der Waals surface area contributed by atoms with Gasteiger partial charge in [0.2, 0.25) is 5.78 Å². The molecular weight excluding hydrogens is 608 g/mol. The number of Topliss-reactive ketones (excluding diaryl/α,β-unsaturated/α-hetero) is 2. The number of likely N-dealkylation sites (N-methyl/N-ethyl adjacent to an activating group) is 1. The van der Waals surface area contributed by atoms with E-state index in [-0.39, 0.29) is 35.1 Å². The van der Waals surface area contributed by atoms with Gasteiger partial charge >= 0.3 is 0 Å². The summed E-state index contributed by atoms with van der Waals surface area (Å²) in [6.07, 6.45) is 1.01. The SMILES string of the molecule is CN(C)c1cc(CNCC(C)(C)C)c(O)c2c1C[C@H]1C[C@H]3[C@H](N(C)C)C(=O)C(C(N)=O)=C(O)[C@@]3(O)C(=O)C1=C2O.CS(=O)(=O)O. The molecule has 1 aromatic carbocycles. The number of phenols is 1. The van der Waals surface area contributed by atoms with Crippen molar-refractivity contribution >= 4 is 39.0 Å². The van der Waals surface area contributed by atoms with Gasteiger partial charge in [-0.2, -0.15) is 8.42 Å². The van der Waals surface area contributed by atoms with Crippen LogP contribution >= 0.6 is 0 Å². The van der Waals surface area contributed by atoms with Crippen LogP contribution in [0.2, 0.25) is 0 Å². The van der Waals surface area contributed by atoms with E-state index in [0.29, 0.717) is 30.5 Å². The monoisotopic (exact) mass is 652 g/mol. The van der Waals surface area contributed by atoms with Crippen LogP contribution in [0.5, 0.6) is 5.75 Å². The number of nitrogens with one attached hydrogen (secondary N) is 1. The molecule has 14 nitrogen and oxygen atoms in total. The van der Waals surface area contributed by atoms with Crippen molar-refractivity contribution in [2.24, 2.45) is 23.0 Å². The van der Waals surface area contributed by atoms with Gasteiger partial charge in [-0.3, -0.25) is 23.8 Å². The van der Waals surface area contributed by atoms with Gasteiger partial charge in [0, 0.05) is 49.9 Å². The molecule has 4 atom stereocenters. The Kier molecular flexibility index (Phi) is 9.88. The molecule has 4 rings (SSSR count). The molecule has 0 radical (unpaired) electrons. The number of carbonyl (C=O) groups is 3. The van der Waals surface area contributed by atoms with E-state index in [1.54, 1.807) is 14.1 Å². The number of anilines is 1. The molecule has 3 aliphatic rings. The lowest BCUT2D eigenvalue weighted by atomic mass is 9.57. The zero-order valence-corrected chi connectivity index (χ0v) is 27.6. The summed E-state index contributed by atoms with van der Waals surface area (Å²) in [7, 11) is 3.17. The first-order chi connectivity index (χ1) is 20.4. The highest BCUT2D eigenvalue weighted by atomic mass is 32.2. The van der Waals surface area contributed by atoms with Gasteiger partial charge in [0.1, 0.15) is 22.8 Å². The summed E-state index contributed by atoms with van der Waals surface area (Å²) >= 11 is 0. The average Bonchev–Trinajstić information content (AvgIpc) is 2.85. The summed E-state index contributed by atoms with van der Waals surface area (Å²) in [5.74, 6) is -6.55. The van der Waals surface area contributed by atoms with Crippen LogP contribution in [0.4, 0.5) is 5.69 Å². The van der Waals surface area contributed by atoms with Crippen molar-refractivity contribution < 1.29 is 47.8 Å². The van der Waals surface area contributed by atoms with Gasteiger partial charge in [-0.15, -0.1) is 0 Å². The molecule has 1 saturated carbocycles. The second-order valence-electron chi connectivity index (χ2n) is 13.5. The summed E-state index contributed by atoms with van der Waals surface area (Å²) in [5, 5.41) is 49.0. The van der Waals surface area contributed by atoms with Crippen LogP contribution in [-0.2, 0) is 37.5 Å². The number of nitrogens with zero attached hydrogens (tertiary/aromatic N) is 2. The lowest BCUT2D eigenvalue weighted by Crippen LogP contribution is -2.65. The van der Waals surface area contributed by atoms with E-state index in [9.17, 15) is 43.2 Å². The number of fused-ring (bicyclic) bond motifs is 3. The largest absolute Gasteiger partial charge is 0.508 e. The summed E-state index contributed by atoms with van der Waals surface area (Å²) in [4.78, 5) is 42.8. The van der Waals surface area contributed by atoms with Crippen LogP contribution in [-0.4, -0.2) is 108 Å². The number of nitrogens with two attached hydrogens (primary N) is 1. The van der Waals surface area contributed by atoms with Crippen molar-refractivity contribution in [2.45, 2.75) is 51.8 Å². The van der Waals surface area contributed by atoms with E-state index in [1.807, 2.05) is 25.1 Å². The number of phenolic OH excluding ortho intramolecular Hbond substituents is 1. The maximum absolute atomic E-state index is 14.0. The minimum Gasteiger partial charge on any atom is -0.508 e. The fourth-order valence-electron chi connectivity index (χ4n) is 6.45. The minimum atomic E-state index is -3.67. The summed E-state index contributed by atoms with van der Waals surface area (Å²) < 4.78 is 25.9. The fraction of sp³-hybridized carbons (Fsp3) is 0.567. The van der Waals surface area contributed by atoms with Crippen LogP contribution < -0.4 is 16.0 Å². The number of amides is 1. The van der Waals surface area contributed by atoms with Gasteiger partial charge in [-0.25, -0.2) is 0 Å². The molecule has 8 N–H and O–H groups in total. The second-order valence-corrected chi connectivity index (χ2v) is 15.0. The van der Waals surface area contributed by atoms with E-state index in [2.05, 4.69) is 26.1 Å². The fourth-order valence-corrected chi connectivity index (χ4v) is 6.45. The Bertz CT molecular complexity index is 1580. The molecule has 0 aliphatic heterocycles. The maximum Gasteiger partial charge on any atom is 0.261 e. The number of aromatic hydroxyl groups is 1. The molecule has 1 aromatic rings. The van der Waals surface area contributed by atoms with Gasteiger partial charge in [-0.1, -0.05) is 20.8 Å². The van der Waals surface area contributed by atoms with Crippen LogP contribution in [0, 0.1) is 17.3 Å². The van der Waals surface area contributed by atoms with Gasteiger partial charge < -0.3 is 36.4 Å². The Morgan fingerprint density at radius 3 is 2.16 bits per heavy atom. The number of benzene rings is 1. The number of primary amides is 1. The molecule has 1 fully saturated rings. The predicted octanol–water partition coefficient (Wildman–Crippen LogP) is 0.670. The maximum atomic E-state index is 14.0. The molecule has 0 unspecified atom stereocenters. The van der Waals surface area contributed by atoms with Crippen LogP contribution in [0.1, 0.15) is 43.9 Å². The minimum absolute atomic E-state index is 0.00285. The van der Waals surface area contributed by atoms with Crippen LogP contribution in [0.15, 0.2) is 23.0 Å². The van der Waals surface area contributed by atoms with Gasteiger partial charge in [0.15, 0.2) is 11.4 Å². The number of hydrogen-bond donors (Lipinski definition) is 7. The van der Waals surface area contributed by atoms with Crippen LogP contribution in [0.3, 0.4) is 0 Å². The summed E-state index contributed by atoms with van der Waals surface area (Å²) in [6.45, 7) is 7.21. The van der Waals surface area contributed by atoms with Crippen molar-refractivity contribution in [3.63, 3.8) is 0 Å². The molecule has 250 valence electrons. The third-order valence-corrected chi connectivity index (χ3v) is 8.23. The smallest absolute Gasteiger partial charge is 0.261 e. The van der Waals surface area contributed by atoms with Crippen LogP contribution in [0.25, 0.3) is 5.76 Å². The number of aliphatic hydroxyl groups excluding tert-OH is 2. The van der Waals surface area contributed by atoms with E-state index in [0.717, 1.165) is 5.69 Å². The van der Waals surface area contributed by atoms with Gasteiger partial charge in [-0.05, 0) is 49.9 Å². The average molecular weight is 653 g/mol. The molecular formula is C30H44N4O10S. The number of hydrogen-bond acceptors (Lipinski definition) is 12. The van der Waals surface area contributed by atoms with Gasteiger partial charge in [0.05, 0.1) is 17.9 Å². The molecule has 0 bridgehead atoms. The predicted molar refractivity (Wildman–Crippen MR) is 167 cm³/mol. The van der Waals surface area contributed by atoms with E-state index < -0.39 is 68.2 Å². The molecule has 0 heterocycles. The number of carbonyl (C=O) groups excluding carboxylic acids is 3. The topological polar surface area (TPSA) is 231 Å². The zero-order chi connectivity index (χ0) is 34.6. The molecule has 45 heavy (non-hydrogen) atoms. The summed E-state index contributed by atoms with van der Waals surface area (Å²) in [5.41, 5.74) is 3.73. The highest BCUT2D eigenvalue weighted by Gasteiger charge is 2.64. The Labute approximate surface area is 262 Å². The van der Waals surface area contributed by atoms with Gasteiger partial charge in [0.25, 0.3) is 16.0 Å². The Hall–Kier alpha value is -3.50. The van der Waals surface area contributed by atoms with E-state index in [4.69, 9.17) is 10.3 Å². The van der Waals surface area contributed by atoms with Crippen molar-refractivity contribution in [3.8, 4) is 5.75 Å². The van der Waals surface area contributed by atoms with E-state index >= 15 is 0 Å². The zero-order valence-electron chi connectivity index (χ0n) is 26.8. The highest BCUT2D eigenvalue weighted by molar-refractivity contribution is 7.85. The van der Waals surface area contributed by atoms with Crippen molar-refractivity contribution in [1.82, 2.24) is 10.2 Å². The number of rotatable bonds is 6. The Morgan fingerprint density at radius 1 is 1.13 bits per heavy atom. The Morgan fingerprint density at radius 2 is 1.69 bits per heavy atom. The molecule has 15 heteroatoms. The van der Waals surface area contributed by atoms with Crippen molar-refractivity contribution in [3.05, 3.63) is 39.7 Å². The standard InChI is InChI=1S/C29H40N4O7.CH4O3S/c1-28(2,3)12-31-11-14-10-17(32(4)5)15-8-13-9-16-21(33(6)7)24(36)20(27(30)39)26(38)29(16,40)25(37)18(13)23(35)19(15)22(14)34;1-5(2,3)4/h10,13,16,21,31,34-35,38,40H,8-9,11-12H2,1-7H3,(H2,30,39);1H3,(H,2,3,4)/t13-,16-,21-,29-;/m0./s1. The molecule has 3 aliphatic carbocycles. The second kappa shape index (κ2) is 12.4.